The molecule has 93 heavy (non-hydrogen) atoms. The maximum absolute atomic E-state index is 12.8. The number of esters is 2. The Bertz CT molecular complexity index is 2360. The van der Waals surface area contributed by atoms with Crippen LogP contribution in [0.3, 0.4) is 0 Å². The SMILES string of the molecule is O=C(O)C(F)(F)SOO[O-].O=C(OCCCCCCBr)C(F)(F)SOO[O-].O=C(OCCCCCCBr)C(F)(F)SOO[O-].OCCCCCCBr.[Cl-].[Na+].[Na+].c1ccc([S+](c2ccccc2)c2ccccc2)cc1.c1ccc([S+](c2ccccc2)c2ccccc2)cc1. The molecule has 6 aromatic rings. The summed E-state index contributed by atoms with van der Waals surface area (Å²) in [5, 5.41) is 42.3. The summed E-state index contributed by atoms with van der Waals surface area (Å²) >= 11 is 7.58. The van der Waals surface area contributed by atoms with Crippen molar-refractivity contribution in [1.82, 2.24) is 0 Å². The first kappa shape index (κ1) is 95.6. The van der Waals surface area contributed by atoms with E-state index in [1.165, 1.54) is 48.6 Å². The van der Waals surface area contributed by atoms with Gasteiger partial charge >= 0.3 is 92.8 Å². The number of ether oxygens (including phenoxy) is 2. The third-order valence-corrected chi connectivity index (χ3v) is 18.3. The molecule has 0 saturated carbocycles. The smallest absolute Gasteiger partial charge is 1.00 e. The second kappa shape index (κ2) is 61.5. The van der Waals surface area contributed by atoms with Gasteiger partial charge in [-0.1, -0.05) is 196 Å². The fourth-order valence-corrected chi connectivity index (χ4v) is 12.7. The first-order valence-electron chi connectivity index (χ1n) is 27.1. The van der Waals surface area contributed by atoms with Crippen molar-refractivity contribution in [3.8, 4) is 0 Å². The molecule has 0 heterocycles. The summed E-state index contributed by atoms with van der Waals surface area (Å²) in [5.41, 5.74) is 0. The van der Waals surface area contributed by atoms with E-state index in [0.29, 0.717) is 19.4 Å². The Morgan fingerprint density at radius 2 is 0.602 bits per heavy atom. The molecule has 0 unspecified atom stereocenters. The number of hydrogen-bond donors (Lipinski definition) is 2. The van der Waals surface area contributed by atoms with Crippen LogP contribution in [0.2, 0.25) is 0 Å². The molecule has 0 atom stereocenters. The van der Waals surface area contributed by atoms with Gasteiger partial charge in [-0.2, -0.15) is 39.3 Å². The van der Waals surface area contributed by atoms with E-state index in [2.05, 4.69) is 267 Å². The Hall–Kier alpha value is -1.61. The molecule has 0 aliphatic heterocycles. The molecular formula is C60H68Br3ClF6Na2O16S5. The predicted octanol–water partition coefficient (Wildman–Crippen LogP) is 5.94. The number of aliphatic hydroxyl groups is 1. The van der Waals surface area contributed by atoms with Gasteiger partial charge in [0, 0.05) is 22.6 Å². The number of carboxylic acids is 1. The molecule has 0 aliphatic carbocycles. The summed E-state index contributed by atoms with van der Waals surface area (Å²) in [5.74, 6) is -5.91. The Balaban J connectivity index is -0.00000106. The van der Waals surface area contributed by atoms with Gasteiger partial charge in [0.1, 0.15) is 36.1 Å². The van der Waals surface area contributed by atoms with Crippen LogP contribution >= 0.6 is 83.9 Å². The number of rotatable bonds is 35. The Labute approximate surface area is 632 Å². The van der Waals surface area contributed by atoms with Crippen molar-refractivity contribution in [3.63, 3.8) is 0 Å². The second-order valence-corrected chi connectivity index (χ2v) is 26.2. The van der Waals surface area contributed by atoms with Crippen molar-refractivity contribution in [2.45, 2.75) is 122 Å². The molecule has 33 heteroatoms. The number of carbonyl (C=O) groups excluding carboxylic acids is 2. The van der Waals surface area contributed by atoms with Gasteiger partial charge in [0.15, 0.2) is 29.4 Å². The number of benzene rings is 6. The van der Waals surface area contributed by atoms with Crippen LogP contribution in [0.1, 0.15) is 77.0 Å². The zero-order valence-corrected chi connectivity index (χ0v) is 64.1. The van der Waals surface area contributed by atoms with E-state index in [0.717, 1.165) is 60.9 Å². The number of aliphatic carboxylic acids is 1. The minimum Gasteiger partial charge on any atom is -1.00 e. The van der Waals surface area contributed by atoms with Gasteiger partial charge in [-0.15, -0.1) is 0 Å². The van der Waals surface area contributed by atoms with Crippen molar-refractivity contribution in [2.24, 2.45) is 0 Å². The summed E-state index contributed by atoms with van der Waals surface area (Å²) in [7, 11) is -0.0293. The van der Waals surface area contributed by atoms with E-state index >= 15 is 0 Å². The van der Waals surface area contributed by atoms with Gasteiger partial charge < -0.3 is 47.9 Å². The van der Waals surface area contributed by atoms with E-state index in [1.54, 1.807) is 0 Å². The van der Waals surface area contributed by atoms with Gasteiger partial charge in [0.05, 0.1) is 35.0 Å². The maximum Gasteiger partial charge on any atom is 1.00 e. The molecule has 6 rings (SSSR count). The van der Waals surface area contributed by atoms with Gasteiger partial charge in [-0.05, 0) is 111 Å². The van der Waals surface area contributed by atoms with E-state index in [9.17, 15) is 51.2 Å². The zero-order chi connectivity index (χ0) is 66.6. The van der Waals surface area contributed by atoms with Crippen LogP contribution in [0, 0.1) is 0 Å². The van der Waals surface area contributed by atoms with Crippen molar-refractivity contribution in [1.29, 1.82) is 0 Å². The number of alkyl halides is 9. The normalized spacial score (nSPS) is 10.6. The zero-order valence-electron chi connectivity index (χ0n) is 50.5. The molecule has 0 radical (unpaired) electrons. The third-order valence-electron chi connectivity index (χ3n) is 10.7. The quantitative estimate of drug-likeness (QED) is 0.00539. The average Bonchev–Trinajstić information content (AvgIpc) is 0.897. The van der Waals surface area contributed by atoms with Crippen molar-refractivity contribution < 1.29 is 176 Å². The van der Waals surface area contributed by atoms with E-state index in [1.807, 2.05) is 0 Å². The van der Waals surface area contributed by atoms with E-state index in [-0.39, 0.29) is 107 Å². The molecule has 0 saturated heterocycles. The number of halogens is 10. The first-order chi connectivity index (χ1) is 43.4. The number of aliphatic hydroxyl groups excluding tert-OH is 1. The van der Waals surface area contributed by atoms with Crippen molar-refractivity contribution in [2.75, 3.05) is 35.8 Å². The second-order valence-electron chi connectivity index (χ2n) is 17.3. The van der Waals surface area contributed by atoms with Gasteiger partial charge in [-0.25, -0.2) is 14.4 Å². The summed E-state index contributed by atoms with van der Waals surface area (Å²) < 4.78 is 93.1. The molecule has 0 aromatic heterocycles. The molecule has 0 spiro atoms. The molecule has 16 nitrogen and oxygen atoms in total. The van der Waals surface area contributed by atoms with Crippen LogP contribution in [0.25, 0.3) is 0 Å². The minimum absolute atomic E-state index is 0. The number of carbonyl (C=O) groups is 3. The Morgan fingerprint density at radius 1 is 0.387 bits per heavy atom. The summed E-state index contributed by atoms with van der Waals surface area (Å²) in [6.45, 7) is 0.174. The third kappa shape index (κ3) is 45.6. The van der Waals surface area contributed by atoms with Crippen LogP contribution in [-0.2, 0) is 73.8 Å². The standard InChI is InChI=1S/2C18H15S.2C8H13BrF2O5S.C6H13BrO.C2H2F2O5S.ClH.2Na/c2*1-4-10-16(11-5-1)19(17-12-6-2-7-13-17)18-14-8-3-9-15-18;2*9-5-3-1-2-4-6-14-7(12)8(10,11)17-16-15-13;7-5-3-1-2-4-6-8;3-2(4,1(5)6)10-9-8-7;;;/h2*1-15H;2*13H,1-6H2;8H,1-6H2;7H,(H,5,6);1H;;/q2*+1;;;;;;2*+1/p-4. The monoisotopic (exact) mass is 1640 g/mol. The molecule has 0 bridgehead atoms. The fourth-order valence-electron chi connectivity index (χ4n) is 6.59. The molecule has 0 aliphatic rings. The number of carboxylic acid groups (broad SMARTS) is 1. The molecular weight excluding hydrogens is 1570 g/mol. The van der Waals surface area contributed by atoms with Gasteiger partial charge in [-0.3, -0.25) is 15.1 Å². The van der Waals surface area contributed by atoms with Crippen LogP contribution in [0.15, 0.2) is 211 Å². The summed E-state index contributed by atoms with van der Waals surface area (Å²) in [6.07, 6.45) is 11.0. The van der Waals surface area contributed by atoms with Crippen molar-refractivity contribution >= 4 is 124 Å². The number of unbranched alkanes of at least 4 members (excludes halogenated alkanes) is 9. The predicted molar refractivity (Wildman–Crippen MR) is 341 cm³/mol. The minimum atomic E-state index is -4.16. The Kier molecular flexibility index (Phi) is 63.2. The Morgan fingerprint density at radius 3 is 0.806 bits per heavy atom. The van der Waals surface area contributed by atoms with E-state index < -0.39 is 69.8 Å². The number of hydrogen-bond acceptors (Lipinski definition) is 18. The van der Waals surface area contributed by atoms with Crippen LogP contribution < -0.4 is 87.3 Å². The average molecular weight is 1640 g/mol. The molecule has 2 N–H and O–H groups in total. The largest absolute Gasteiger partial charge is 1.00 e. The van der Waals surface area contributed by atoms with Crippen LogP contribution in [0.4, 0.5) is 26.3 Å². The maximum atomic E-state index is 12.8. The summed E-state index contributed by atoms with van der Waals surface area (Å²) in [4.78, 5) is 39.3. The van der Waals surface area contributed by atoms with E-state index in [4.69, 9.17) is 15.5 Å². The summed E-state index contributed by atoms with van der Waals surface area (Å²) in [6, 6.07) is 64.3. The first-order valence-corrected chi connectivity index (χ1v) is 35.2. The molecule has 506 valence electrons. The van der Waals surface area contributed by atoms with Crippen LogP contribution in [0.5, 0.6) is 0 Å². The molecule has 0 fully saturated rings. The molecule has 6 aromatic carbocycles. The van der Waals surface area contributed by atoms with Gasteiger partial charge in [0.25, 0.3) is 0 Å². The molecule has 0 amide bonds. The topological polar surface area (TPSA) is 235 Å². The van der Waals surface area contributed by atoms with Crippen molar-refractivity contribution in [3.05, 3.63) is 182 Å². The van der Waals surface area contributed by atoms with Gasteiger partial charge in [0.2, 0.25) is 0 Å². The van der Waals surface area contributed by atoms with Crippen LogP contribution in [-0.4, -0.2) is 79.7 Å². The fraction of sp³-hybridized carbons (Fsp3) is 0.350.